The SMILES string of the molecule is C#CCC[C@@H](NC(=O)O)C(O[Si](C)(C)C(C)(C)C)c1ccc(Cl)nc1. The van der Waals surface area contributed by atoms with Crippen LogP contribution in [-0.4, -0.2) is 30.5 Å². The van der Waals surface area contributed by atoms with Crippen molar-refractivity contribution < 1.29 is 14.3 Å². The Kier molecular flexibility index (Phi) is 7.48. The van der Waals surface area contributed by atoms with Crippen LogP contribution < -0.4 is 5.32 Å². The first-order valence-corrected chi connectivity index (χ1v) is 11.5. The van der Waals surface area contributed by atoms with Gasteiger partial charge in [0.05, 0.1) is 12.1 Å². The summed E-state index contributed by atoms with van der Waals surface area (Å²) in [5, 5.41) is 12.2. The number of pyridine rings is 1. The average molecular weight is 383 g/mol. The predicted octanol–water partition coefficient (Wildman–Crippen LogP) is 4.85. The van der Waals surface area contributed by atoms with E-state index in [9.17, 15) is 9.90 Å². The van der Waals surface area contributed by atoms with Crippen molar-refractivity contribution in [1.29, 1.82) is 0 Å². The molecule has 5 nitrogen and oxygen atoms in total. The lowest BCUT2D eigenvalue weighted by Gasteiger charge is -2.41. The lowest BCUT2D eigenvalue weighted by atomic mass is 10.00. The highest BCUT2D eigenvalue weighted by molar-refractivity contribution is 6.74. The second kappa shape index (κ2) is 8.70. The Morgan fingerprint density at radius 3 is 2.56 bits per heavy atom. The van der Waals surface area contributed by atoms with Gasteiger partial charge in [-0.3, -0.25) is 0 Å². The van der Waals surface area contributed by atoms with E-state index in [4.69, 9.17) is 22.5 Å². The van der Waals surface area contributed by atoms with Gasteiger partial charge in [0.15, 0.2) is 8.32 Å². The van der Waals surface area contributed by atoms with E-state index in [0.29, 0.717) is 18.0 Å². The first-order chi connectivity index (χ1) is 11.5. The molecule has 2 N–H and O–H groups in total. The van der Waals surface area contributed by atoms with Crippen molar-refractivity contribution in [1.82, 2.24) is 10.3 Å². The normalized spacial score (nSPS) is 14.4. The zero-order chi connectivity index (χ0) is 19.3. The van der Waals surface area contributed by atoms with Gasteiger partial charge in [0.25, 0.3) is 0 Å². The van der Waals surface area contributed by atoms with Gasteiger partial charge in [0.1, 0.15) is 5.15 Å². The van der Waals surface area contributed by atoms with Crippen molar-refractivity contribution in [3.05, 3.63) is 29.0 Å². The van der Waals surface area contributed by atoms with Gasteiger partial charge in [-0.2, -0.15) is 0 Å². The van der Waals surface area contributed by atoms with Gasteiger partial charge in [-0.05, 0) is 30.6 Å². The first kappa shape index (κ1) is 21.5. The van der Waals surface area contributed by atoms with E-state index in [1.165, 1.54) is 0 Å². The molecule has 1 heterocycles. The number of carboxylic acid groups (broad SMARTS) is 1. The maximum atomic E-state index is 11.3. The number of nitrogens with one attached hydrogen (secondary N) is 1. The summed E-state index contributed by atoms with van der Waals surface area (Å²) in [6, 6.07) is 3.03. The fraction of sp³-hybridized carbons (Fsp3) is 0.556. The number of hydrogen-bond donors (Lipinski definition) is 2. The van der Waals surface area contributed by atoms with E-state index in [-0.39, 0.29) is 5.04 Å². The molecule has 25 heavy (non-hydrogen) atoms. The van der Waals surface area contributed by atoms with Crippen LogP contribution in [-0.2, 0) is 4.43 Å². The molecule has 0 saturated heterocycles. The molecule has 0 aromatic carbocycles. The standard InChI is InChI=1S/C18H27ClN2O3Si/c1-7-8-9-14(21-17(22)23)16(13-10-11-15(19)20-12-13)24-25(5,6)18(2,3)4/h1,10-12,14,16,21H,8-9H2,2-6H3,(H,22,23)/t14-,16?/m1/s1. The summed E-state index contributed by atoms with van der Waals surface area (Å²) in [7, 11) is -2.16. The third-order valence-electron chi connectivity index (χ3n) is 4.58. The maximum Gasteiger partial charge on any atom is 0.404 e. The molecular formula is C18H27ClN2O3Si. The number of nitrogens with zero attached hydrogens (tertiary/aromatic N) is 1. The van der Waals surface area contributed by atoms with Gasteiger partial charge in [-0.15, -0.1) is 12.3 Å². The van der Waals surface area contributed by atoms with Crippen molar-refractivity contribution in [3.8, 4) is 12.3 Å². The zero-order valence-corrected chi connectivity index (χ0v) is 17.2. The van der Waals surface area contributed by atoms with Crippen LogP contribution in [0.15, 0.2) is 18.3 Å². The van der Waals surface area contributed by atoms with Crippen LogP contribution in [0, 0.1) is 12.3 Å². The molecule has 0 fully saturated rings. The molecule has 0 radical (unpaired) electrons. The van der Waals surface area contributed by atoms with Crippen LogP contribution in [0.4, 0.5) is 4.79 Å². The largest absolute Gasteiger partial charge is 0.465 e. The second-order valence-corrected chi connectivity index (χ2v) is 12.7. The molecule has 138 valence electrons. The minimum atomic E-state index is -2.16. The number of rotatable bonds is 7. The van der Waals surface area contributed by atoms with E-state index in [1.807, 2.05) is 6.07 Å². The average Bonchev–Trinajstić information content (AvgIpc) is 2.49. The Morgan fingerprint density at radius 1 is 1.48 bits per heavy atom. The number of halogens is 1. The number of carbonyl (C=O) groups is 1. The van der Waals surface area contributed by atoms with E-state index in [1.54, 1.807) is 12.3 Å². The maximum absolute atomic E-state index is 11.3. The van der Waals surface area contributed by atoms with Gasteiger partial charge >= 0.3 is 6.09 Å². The Bertz CT molecular complexity index is 621. The van der Waals surface area contributed by atoms with Crippen molar-refractivity contribution in [3.63, 3.8) is 0 Å². The molecule has 0 spiro atoms. The summed E-state index contributed by atoms with van der Waals surface area (Å²) in [5.41, 5.74) is 0.782. The molecule has 1 rings (SSSR count). The molecule has 1 aromatic heterocycles. The minimum absolute atomic E-state index is 0.0228. The van der Waals surface area contributed by atoms with Crippen molar-refractivity contribution >= 4 is 26.0 Å². The third kappa shape index (κ3) is 6.35. The Hall–Kier alpha value is -1.55. The minimum Gasteiger partial charge on any atom is -0.465 e. The van der Waals surface area contributed by atoms with Crippen LogP contribution in [0.2, 0.25) is 23.3 Å². The van der Waals surface area contributed by atoms with Crippen molar-refractivity contribution in [2.24, 2.45) is 0 Å². The fourth-order valence-corrected chi connectivity index (χ4v) is 3.53. The summed E-state index contributed by atoms with van der Waals surface area (Å²) in [6.45, 7) is 10.7. The Morgan fingerprint density at radius 2 is 2.12 bits per heavy atom. The van der Waals surface area contributed by atoms with E-state index in [0.717, 1.165) is 5.56 Å². The summed E-state index contributed by atoms with van der Waals surface area (Å²) in [5.74, 6) is 2.57. The first-order valence-electron chi connectivity index (χ1n) is 8.20. The highest BCUT2D eigenvalue weighted by atomic mass is 35.5. The number of hydrogen-bond acceptors (Lipinski definition) is 3. The summed E-state index contributed by atoms with van der Waals surface area (Å²) >= 11 is 5.89. The molecule has 0 aliphatic carbocycles. The topological polar surface area (TPSA) is 71.5 Å². The molecule has 0 aliphatic rings. The van der Waals surface area contributed by atoms with E-state index >= 15 is 0 Å². The van der Waals surface area contributed by atoms with Crippen molar-refractivity contribution in [2.75, 3.05) is 0 Å². The molecule has 0 bridgehead atoms. The van der Waals surface area contributed by atoms with E-state index < -0.39 is 26.6 Å². The molecule has 0 saturated carbocycles. The van der Waals surface area contributed by atoms with Gasteiger partial charge in [-0.1, -0.05) is 38.4 Å². The highest BCUT2D eigenvalue weighted by Gasteiger charge is 2.41. The molecule has 2 atom stereocenters. The second-order valence-electron chi connectivity index (χ2n) is 7.51. The van der Waals surface area contributed by atoms with E-state index in [2.05, 4.69) is 50.1 Å². The third-order valence-corrected chi connectivity index (χ3v) is 9.26. The monoisotopic (exact) mass is 382 g/mol. The number of amides is 1. The summed E-state index contributed by atoms with van der Waals surface area (Å²) < 4.78 is 6.55. The fourth-order valence-electron chi connectivity index (χ4n) is 2.13. The molecule has 1 aromatic rings. The van der Waals surface area contributed by atoms with Crippen LogP contribution in [0.5, 0.6) is 0 Å². The van der Waals surface area contributed by atoms with Crippen LogP contribution in [0.3, 0.4) is 0 Å². The molecule has 1 unspecified atom stereocenters. The van der Waals surface area contributed by atoms with Gasteiger partial charge < -0.3 is 14.8 Å². The zero-order valence-electron chi connectivity index (χ0n) is 15.5. The summed E-state index contributed by atoms with van der Waals surface area (Å²) in [4.78, 5) is 15.4. The Labute approximate surface area is 156 Å². The van der Waals surface area contributed by atoms with Crippen LogP contribution >= 0.6 is 11.6 Å². The number of aromatic nitrogens is 1. The smallest absolute Gasteiger partial charge is 0.404 e. The predicted molar refractivity (Wildman–Crippen MR) is 103 cm³/mol. The molecule has 7 heteroatoms. The molecule has 0 aliphatic heterocycles. The lowest BCUT2D eigenvalue weighted by Crippen LogP contribution is -2.47. The quantitative estimate of drug-likeness (QED) is 0.401. The van der Waals surface area contributed by atoms with Gasteiger partial charge in [0, 0.05) is 18.2 Å². The van der Waals surface area contributed by atoms with Gasteiger partial charge in [-0.25, -0.2) is 9.78 Å². The Balaban J connectivity index is 3.26. The van der Waals surface area contributed by atoms with Crippen LogP contribution in [0.1, 0.15) is 45.3 Å². The van der Waals surface area contributed by atoms with Gasteiger partial charge in [0.2, 0.25) is 0 Å². The molecule has 1 amide bonds. The summed E-state index contributed by atoms with van der Waals surface area (Å²) in [6.07, 6.45) is 6.35. The highest BCUT2D eigenvalue weighted by Crippen LogP contribution is 2.41. The molecular weight excluding hydrogens is 356 g/mol. The lowest BCUT2D eigenvalue weighted by molar-refractivity contribution is 0.123. The van der Waals surface area contributed by atoms with Crippen LogP contribution in [0.25, 0.3) is 0 Å². The van der Waals surface area contributed by atoms with Crippen molar-refractivity contribution in [2.45, 2.75) is 63.9 Å². The number of terminal acetylenes is 1.